The summed E-state index contributed by atoms with van der Waals surface area (Å²) in [7, 11) is 0. The number of halogens is 1. The number of carbonyl (C=O) groups excluding carboxylic acids is 1. The molecule has 1 nitrogen and oxygen atoms in total. The average Bonchev–Trinajstić information content (AvgIpc) is 2.60. The summed E-state index contributed by atoms with van der Waals surface area (Å²) in [5.74, 6) is -0.316. The molecule has 0 N–H and O–H groups in total. The Hall–Kier alpha value is -2.48. The fourth-order valence-corrected chi connectivity index (χ4v) is 2.58. The molecule has 0 fully saturated rings. The van der Waals surface area contributed by atoms with Crippen molar-refractivity contribution in [3.63, 3.8) is 0 Å². The van der Waals surface area contributed by atoms with E-state index in [4.69, 9.17) is 0 Å². The molecule has 0 spiro atoms. The highest BCUT2D eigenvalue weighted by molar-refractivity contribution is 6.13. The molecule has 0 amide bonds. The van der Waals surface area contributed by atoms with Crippen LogP contribution < -0.4 is 0 Å². The van der Waals surface area contributed by atoms with E-state index >= 15 is 0 Å². The molecular formula is C22H23FO. The maximum atomic E-state index is 13.9. The molecule has 0 unspecified atom stereocenters. The van der Waals surface area contributed by atoms with E-state index in [9.17, 15) is 9.18 Å². The Morgan fingerprint density at radius 3 is 1.92 bits per heavy atom. The average molecular weight is 322 g/mol. The van der Waals surface area contributed by atoms with E-state index in [1.807, 2.05) is 51.1 Å². The van der Waals surface area contributed by atoms with Gasteiger partial charge in [0.15, 0.2) is 5.78 Å². The third kappa shape index (κ3) is 4.29. The highest BCUT2D eigenvalue weighted by atomic mass is 19.1. The van der Waals surface area contributed by atoms with Crippen LogP contribution in [0.4, 0.5) is 4.39 Å². The first-order valence-electron chi connectivity index (χ1n) is 8.32. The van der Waals surface area contributed by atoms with Crippen LogP contribution >= 0.6 is 0 Å². The number of rotatable bonds is 6. The zero-order valence-electron chi connectivity index (χ0n) is 14.5. The Labute approximate surface area is 143 Å². The summed E-state index contributed by atoms with van der Waals surface area (Å²) in [6.07, 6.45) is 4.82. The van der Waals surface area contributed by atoms with E-state index in [2.05, 4.69) is 0 Å². The van der Waals surface area contributed by atoms with Gasteiger partial charge >= 0.3 is 0 Å². The Balaban J connectivity index is 2.39. The molecule has 0 aliphatic rings. The predicted molar refractivity (Wildman–Crippen MR) is 99.1 cm³/mol. The van der Waals surface area contributed by atoms with Crippen molar-refractivity contribution in [1.29, 1.82) is 0 Å². The van der Waals surface area contributed by atoms with Crippen LogP contribution in [-0.4, -0.2) is 5.78 Å². The number of benzene rings is 2. The maximum absolute atomic E-state index is 13.9. The second kappa shape index (κ2) is 8.39. The number of allylic oxidation sites excluding steroid dienone is 2. The Morgan fingerprint density at radius 2 is 1.38 bits per heavy atom. The smallest absolute Gasteiger partial charge is 0.185 e. The molecule has 0 heterocycles. The first-order chi connectivity index (χ1) is 11.6. The van der Waals surface area contributed by atoms with E-state index in [1.165, 1.54) is 6.07 Å². The van der Waals surface area contributed by atoms with Crippen molar-refractivity contribution in [2.75, 3.05) is 0 Å². The second-order valence-electron chi connectivity index (χ2n) is 5.75. The van der Waals surface area contributed by atoms with Gasteiger partial charge in [-0.25, -0.2) is 4.39 Å². The van der Waals surface area contributed by atoms with Crippen LogP contribution in [0.15, 0.2) is 59.7 Å². The van der Waals surface area contributed by atoms with Crippen molar-refractivity contribution in [3.05, 3.63) is 82.2 Å². The number of aryl methyl sites for hydroxylation is 1. The molecule has 0 aliphatic carbocycles. The van der Waals surface area contributed by atoms with Gasteiger partial charge in [0, 0.05) is 16.7 Å². The lowest BCUT2D eigenvalue weighted by Gasteiger charge is -2.09. The van der Waals surface area contributed by atoms with E-state index in [0.717, 1.165) is 16.7 Å². The molecule has 0 bridgehead atoms. The second-order valence-corrected chi connectivity index (χ2v) is 5.75. The third-order valence-electron chi connectivity index (χ3n) is 4.10. The van der Waals surface area contributed by atoms with Gasteiger partial charge in [0.25, 0.3) is 0 Å². The van der Waals surface area contributed by atoms with Crippen molar-refractivity contribution < 1.29 is 9.18 Å². The fraction of sp³-hybridized carbons (Fsp3) is 0.227. The number of Topliss-reactive ketones (excluding diaryl/α,β-unsaturated/α-hetero) is 1. The van der Waals surface area contributed by atoms with Crippen molar-refractivity contribution in [1.82, 2.24) is 0 Å². The molecule has 0 radical (unpaired) electrons. The van der Waals surface area contributed by atoms with Gasteiger partial charge in [-0.05, 0) is 49.1 Å². The summed E-state index contributed by atoms with van der Waals surface area (Å²) in [6, 6.07) is 14.5. The minimum absolute atomic E-state index is 0.00786. The van der Waals surface area contributed by atoms with Gasteiger partial charge in [0.2, 0.25) is 0 Å². The van der Waals surface area contributed by atoms with E-state index in [0.29, 0.717) is 24.0 Å². The summed E-state index contributed by atoms with van der Waals surface area (Å²) in [4.78, 5) is 12.9. The molecule has 2 aromatic rings. The Kier molecular flexibility index (Phi) is 6.25. The molecule has 2 heteroatoms. The molecule has 124 valence electrons. The van der Waals surface area contributed by atoms with Gasteiger partial charge in [0.05, 0.1) is 0 Å². The monoisotopic (exact) mass is 322 g/mol. The summed E-state index contributed by atoms with van der Waals surface area (Å²) < 4.78 is 13.9. The molecular weight excluding hydrogens is 299 g/mol. The lowest BCUT2D eigenvalue weighted by Crippen LogP contribution is -2.06. The van der Waals surface area contributed by atoms with E-state index < -0.39 is 0 Å². The molecule has 24 heavy (non-hydrogen) atoms. The normalized spacial score (nSPS) is 12.3. The van der Waals surface area contributed by atoms with Crippen LogP contribution in [-0.2, 0) is 4.79 Å². The zero-order chi connectivity index (χ0) is 17.5. The van der Waals surface area contributed by atoms with Crippen molar-refractivity contribution in [3.8, 4) is 0 Å². The highest BCUT2D eigenvalue weighted by Gasteiger charge is 2.13. The summed E-state index contributed by atoms with van der Waals surface area (Å²) in [5, 5.41) is 0. The number of hydrogen-bond acceptors (Lipinski definition) is 1. The lowest BCUT2D eigenvalue weighted by molar-refractivity contribution is -0.112. The molecule has 0 saturated heterocycles. The third-order valence-corrected chi connectivity index (χ3v) is 4.10. The van der Waals surface area contributed by atoms with Crippen LogP contribution in [0.1, 0.15) is 43.4 Å². The minimum atomic E-state index is -0.308. The predicted octanol–water partition coefficient (Wildman–Crippen LogP) is 5.99. The standard InChI is InChI=1S/C22H23FO/c1-4-17(14-19-11-7-6-10-16(19)3)22(24)18(5-2)15-20-12-8-9-13-21(20)23/h6-15H,4-5H2,1-3H3/b17-14+,18-15+. The zero-order valence-corrected chi connectivity index (χ0v) is 14.5. The highest BCUT2D eigenvalue weighted by Crippen LogP contribution is 2.21. The SMILES string of the molecule is CC/C(=C\c1ccccc1C)C(=O)/C(=C/c1ccccc1F)CC. The number of hydrogen-bond donors (Lipinski definition) is 0. The summed E-state index contributed by atoms with van der Waals surface area (Å²) in [6.45, 7) is 5.92. The largest absolute Gasteiger partial charge is 0.289 e. The van der Waals surface area contributed by atoms with Gasteiger partial charge in [0.1, 0.15) is 5.82 Å². The fourth-order valence-electron chi connectivity index (χ4n) is 2.58. The Morgan fingerprint density at radius 1 is 0.875 bits per heavy atom. The molecule has 2 rings (SSSR count). The number of ketones is 1. The lowest BCUT2D eigenvalue weighted by atomic mass is 9.95. The van der Waals surface area contributed by atoms with Crippen LogP contribution in [0.2, 0.25) is 0 Å². The van der Waals surface area contributed by atoms with Gasteiger partial charge in [-0.1, -0.05) is 56.3 Å². The van der Waals surface area contributed by atoms with Gasteiger partial charge < -0.3 is 0 Å². The first kappa shape index (κ1) is 17.9. The molecule has 0 atom stereocenters. The molecule has 0 aromatic heterocycles. The molecule has 0 saturated carbocycles. The van der Waals surface area contributed by atoms with E-state index in [1.54, 1.807) is 24.3 Å². The van der Waals surface area contributed by atoms with Gasteiger partial charge in [-0.2, -0.15) is 0 Å². The number of carbonyl (C=O) groups is 1. The first-order valence-corrected chi connectivity index (χ1v) is 8.32. The summed E-state index contributed by atoms with van der Waals surface area (Å²) >= 11 is 0. The van der Waals surface area contributed by atoms with Crippen molar-refractivity contribution in [2.45, 2.75) is 33.6 Å². The van der Waals surface area contributed by atoms with Gasteiger partial charge in [-0.15, -0.1) is 0 Å². The van der Waals surface area contributed by atoms with Crippen LogP contribution in [0.3, 0.4) is 0 Å². The molecule has 0 aliphatic heterocycles. The molecule has 2 aromatic carbocycles. The van der Waals surface area contributed by atoms with Crippen LogP contribution in [0, 0.1) is 12.7 Å². The van der Waals surface area contributed by atoms with E-state index in [-0.39, 0.29) is 11.6 Å². The summed E-state index contributed by atoms with van der Waals surface area (Å²) in [5.41, 5.74) is 4.00. The topological polar surface area (TPSA) is 17.1 Å². The Bertz CT molecular complexity index is 719. The van der Waals surface area contributed by atoms with Crippen molar-refractivity contribution >= 4 is 17.9 Å². The van der Waals surface area contributed by atoms with Gasteiger partial charge in [-0.3, -0.25) is 4.79 Å². The van der Waals surface area contributed by atoms with Crippen LogP contribution in [0.5, 0.6) is 0 Å². The van der Waals surface area contributed by atoms with Crippen LogP contribution in [0.25, 0.3) is 12.2 Å². The minimum Gasteiger partial charge on any atom is -0.289 e. The maximum Gasteiger partial charge on any atom is 0.185 e. The van der Waals surface area contributed by atoms with Crippen molar-refractivity contribution in [2.24, 2.45) is 0 Å². The quantitative estimate of drug-likeness (QED) is 0.597.